The summed E-state index contributed by atoms with van der Waals surface area (Å²) in [6, 6.07) is 7.86. The van der Waals surface area contributed by atoms with E-state index in [1.165, 1.54) is 10.4 Å². The van der Waals surface area contributed by atoms with E-state index in [0.717, 1.165) is 43.5 Å². The molecule has 1 N–H and O–H groups in total. The summed E-state index contributed by atoms with van der Waals surface area (Å²) in [6.07, 6.45) is 4.83. The minimum Gasteiger partial charge on any atom is -0.481 e. The highest BCUT2D eigenvalue weighted by molar-refractivity contribution is 7.11. The van der Waals surface area contributed by atoms with E-state index in [1.807, 2.05) is 18.2 Å². The van der Waals surface area contributed by atoms with Crippen molar-refractivity contribution in [3.8, 4) is 0 Å². The van der Waals surface area contributed by atoms with E-state index < -0.39 is 5.97 Å². The molecule has 1 unspecified atom stereocenters. The lowest BCUT2D eigenvalue weighted by atomic mass is 9.97. The van der Waals surface area contributed by atoms with Crippen molar-refractivity contribution in [1.82, 2.24) is 4.90 Å². The SMILES string of the molecule is Cc1ccsc1C(=CCCN1CCCC(C(=O)O)C1)c1ccc(Cl)c(Cl)c1. The first-order valence-electron chi connectivity index (χ1n) is 9.11. The molecule has 0 aliphatic carbocycles. The number of hydrogen-bond donors (Lipinski definition) is 1. The highest BCUT2D eigenvalue weighted by atomic mass is 35.5. The number of halogens is 2. The van der Waals surface area contributed by atoms with Crippen LogP contribution in [0.5, 0.6) is 0 Å². The Morgan fingerprint density at radius 3 is 2.81 bits per heavy atom. The van der Waals surface area contributed by atoms with Gasteiger partial charge in [-0.15, -0.1) is 11.3 Å². The molecular formula is C21H23Cl2NO2S. The van der Waals surface area contributed by atoms with Crippen LogP contribution < -0.4 is 0 Å². The summed E-state index contributed by atoms with van der Waals surface area (Å²) >= 11 is 14.0. The van der Waals surface area contributed by atoms with Crippen molar-refractivity contribution >= 4 is 46.1 Å². The molecule has 1 aromatic carbocycles. The van der Waals surface area contributed by atoms with Crippen LogP contribution in [0.3, 0.4) is 0 Å². The van der Waals surface area contributed by atoms with Gasteiger partial charge in [0.25, 0.3) is 0 Å². The minimum atomic E-state index is -0.680. The number of benzene rings is 1. The predicted octanol–water partition coefficient (Wildman–Crippen LogP) is 5.98. The Balaban J connectivity index is 1.78. The van der Waals surface area contributed by atoms with E-state index in [4.69, 9.17) is 23.2 Å². The Hall–Kier alpha value is -1.33. The average Bonchev–Trinajstić information content (AvgIpc) is 3.07. The van der Waals surface area contributed by atoms with Crippen molar-refractivity contribution < 1.29 is 9.90 Å². The topological polar surface area (TPSA) is 40.5 Å². The molecule has 0 amide bonds. The zero-order chi connectivity index (χ0) is 19.4. The van der Waals surface area contributed by atoms with Crippen LogP contribution >= 0.6 is 34.5 Å². The number of aryl methyl sites for hydroxylation is 1. The fraction of sp³-hybridized carbons (Fsp3) is 0.381. The zero-order valence-electron chi connectivity index (χ0n) is 15.3. The minimum absolute atomic E-state index is 0.239. The normalized spacial score (nSPS) is 18.6. The second kappa shape index (κ2) is 9.24. The van der Waals surface area contributed by atoms with Crippen LogP contribution in [-0.2, 0) is 4.79 Å². The lowest BCUT2D eigenvalue weighted by Crippen LogP contribution is -2.39. The Morgan fingerprint density at radius 1 is 1.33 bits per heavy atom. The molecule has 1 aliphatic rings. The number of carboxylic acids is 1. The molecule has 1 aromatic heterocycles. The van der Waals surface area contributed by atoms with Gasteiger partial charge in [-0.05, 0) is 73.0 Å². The number of nitrogens with zero attached hydrogens (tertiary/aromatic N) is 1. The Bertz CT molecular complexity index is 846. The van der Waals surface area contributed by atoms with E-state index in [1.54, 1.807) is 11.3 Å². The van der Waals surface area contributed by atoms with Crippen LogP contribution in [0.4, 0.5) is 0 Å². The standard InChI is InChI=1S/C21H23Cl2NO2S/c1-14-8-11-27-20(14)17(15-6-7-18(22)19(23)12-15)5-3-10-24-9-2-4-16(13-24)21(25)26/h5-8,11-12,16H,2-4,9-10,13H2,1H3,(H,25,26). The number of aliphatic carboxylic acids is 1. The monoisotopic (exact) mass is 423 g/mol. The molecule has 1 aliphatic heterocycles. The van der Waals surface area contributed by atoms with Gasteiger partial charge in [0.2, 0.25) is 0 Å². The zero-order valence-corrected chi connectivity index (χ0v) is 17.6. The Morgan fingerprint density at radius 2 is 2.15 bits per heavy atom. The number of carbonyl (C=O) groups is 1. The van der Waals surface area contributed by atoms with Crippen LogP contribution in [-0.4, -0.2) is 35.6 Å². The van der Waals surface area contributed by atoms with Crippen LogP contribution in [0.1, 0.15) is 35.3 Å². The quantitative estimate of drug-likeness (QED) is 0.620. The highest BCUT2D eigenvalue weighted by Crippen LogP contribution is 2.34. The fourth-order valence-corrected chi connectivity index (χ4v) is 4.79. The van der Waals surface area contributed by atoms with Gasteiger partial charge in [-0.25, -0.2) is 0 Å². The molecule has 2 aromatic rings. The number of rotatable bonds is 6. The molecule has 27 heavy (non-hydrogen) atoms. The molecule has 1 atom stereocenters. The first-order chi connectivity index (χ1) is 13.0. The smallest absolute Gasteiger partial charge is 0.307 e. The summed E-state index contributed by atoms with van der Waals surface area (Å²) in [6.45, 7) is 4.58. The lowest BCUT2D eigenvalue weighted by Gasteiger charge is -2.30. The summed E-state index contributed by atoms with van der Waals surface area (Å²) in [5.74, 6) is -0.919. The largest absolute Gasteiger partial charge is 0.481 e. The molecule has 144 valence electrons. The second-order valence-electron chi connectivity index (χ2n) is 6.95. The molecule has 3 rings (SSSR count). The predicted molar refractivity (Wildman–Crippen MR) is 114 cm³/mol. The molecule has 3 nitrogen and oxygen atoms in total. The molecule has 1 saturated heterocycles. The van der Waals surface area contributed by atoms with Gasteiger partial charge in [-0.1, -0.05) is 35.3 Å². The van der Waals surface area contributed by atoms with Gasteiger partial charge >= 0.3 is 5.97 Å². The fourth-order valence-electron chi connectivity index (χ4n) is 3.51. The Labute approximate surface area is 174 Å². The van der Waals surface area contributed by atoms with E-state index in [-0.39, 0.29) is 5.92 Å². The maximum atomic E-state index is 11.3. The number of thiophene rings is 1. The third kappa shape index (κ3) is 5.14. The third-order valence-electron chi connectivity index (χ3n) is 4.99. The summed E-state index contributed by atoms with van der Waals surface area (Å²) in [5.41, 5.74) is 3.45. The molecule has 1 fully saturated rings. The van der Waals surface area contributed by atoms with Gasteiger partial charge in [0.15, 0.2) is 0 Å². The van der Waals surface area contributed by atoms with Crippen molar-refractivity contribution in [2.45, 2.75) is 26.2 Å². The molecule has 2 heterocycles. The molecular weight excluding hydrogens is 401 g/mol. The first kappa shape index (κ1) is 20.4. The molecule has 6 heteroatoms. The van der Waals surface area contributed by atoms with Gasteiger partial charge in [-0.2, -0.15) is 0 Å². The lowest BCUT2D eigenvalue weighted by molar-refractivity contribution is -0.143. The van der Waals surface area contributed by atoms with Crippen molar-refractivity contribution in [2.75, 3.05) is 19.6 Å². The van der Waals surface area contributed by atoms with E-state index in [2.05, 4.69) is 29.3 Å². The average molecular weight is 424 g/mol. The molecule has 0 bridgehead atoms. The summed E-state index contributed by atoms with van der Waals surface area (Å²) in [4.78, 5) is 14.7. The van der Waals surface area contributed by atoms with Gasteiger partial charge in [0.05, 0.1) is 16.0 Å². The summed E-state index contributed by atoms with van der Waals surface area (Å²) < 4.78 is 0. The van der Waals surface area contributed by atoms with Gasteiger partial charge in [0.1, 0.15) is 0 Å². The van der Waals surface area contributed by atoms with Crippen LogP contribution in [0.15, 0.2) is 35.7 Å². The van der Waals surface area contributed by atoms with Crippen LogP contribution in [0, 0.1) is 12.8 Å². The molecule has 0 radical (unpaired) electrons. The second-order valence-corrected chi connectivity index (χ2v) is 8.68. The van der Waals surface area contributed by atoms with E-state index in [0.29, 0.717) is 16.6 Å². The van der Waals surface area contributed by atoms with Gasteiger partial charge in [0, 0.05) is 18.0 Å². The van der Waals surface area contributed by atoms with Crippen molar-refractivity contribution in [3.05, 3.63) is 61.8 Å². The van der Waals surface area contributed by atoms with Crippen molar-refractivity contribution in [2.24, 2.45) is 5.92 Å². The molecule has 0 saturated carbocycles. The van der Waals surface area contributed by atoms with E-state index in [9.17, 15) is 9.90 Å². The van der Waals surface area contributed by atoms with Crippen LogP contribution in [0.2, 0.25) is 10.0 Å². The van der Waals surface area contributed by atoms with E-state index >= 15 is 0 Å². The van der Waals surface area contributed by atoms with Gasteiger partial charge < -0.3 is 10.0 Å². The van der Waals surface area contributed by atoms with Crippen LogP contribution in [0.25, 0.3) is 5.57 Å². The summed E-state index contributed by atoms with van der Waals surface area (Å²) in [7, 11) is 0. The number of piperidine rings is 1. The van der Waals surface area contributed by atoms with Crippen molar-refractivity contribution in [1.29, 1.82) is 0 Å². The maximum Gasteiger partial charge on any atom is 0.307 e. The number of carboxylic acid groups (broad SMARTS) is 1. The highest BCUT2D eigenvalue weighted by Gasteiger charge is 2.24. The van der Waals surface area contributed by atoms with Gasteiger partial charge in [-0.3, -0.25) is 4.79 Å². The molecule has 0 spiro atoms. The third-order valence-corrected chi connectivity index (χ3v) is 6.77. The maximum absolute atomic E-state index is 11.3. The van der Waals surface area contributed by atoms with Crippen molar-refractivity contribution in [3.63, 3.8) is 0 Å². The number of likely N-dealkylation sites (tertiary alicyclic amines) is 1. The Kier molecular flexibility index (Phi) is 6.99. The number of hydrogen-bond acceptors (Lipinski definition) is 3. The first-order valence-corrected chi connectivity index (χ1v) is 10.7. The summed E-state index contributed by atoms with van der Waals surface area (Å²) in [5, 5.41) is 12.5.